The molecule has 0 bridgehead atoms. The monoisotopic (exact) mass is 256 g/mol. The van der Waals surface area contributed by atoms with Gasteiger partial charge in [-0.2, -0.15) is 0 Å². The Hall–Kier alpha value is -0.830. The normalized spacial score (nSPS) is 12.4. The van der Waals surface area contributed by atoms with Gasteiger partial charge in [-0.05, 0) is 18.4 Å². The molecule has 0 radical (unpaired) electrons. The number of aliphatic carboxylic acids is 1. The van der Waals surface area contributed by atoms with Gasteiger partial charge in [0.2, 0.25) is 0 Å². The second-order valence-corrected chi connectivity index (χ2v) is 3.86. The molecular weight excluding hydrogens is 244 g/mol. The number of hydrogen-bond donors (Lipinski definition) is 1. The van der Waals surface area contributed by atoms with Gasteiger partial charge in [-0.3, -0.25) is 4.79 Å². The number of carboxylic acid groups (broad SMARTS) is 1. The average Bonchev–Trinajstić information content (AvgIpc) is 2.20. The van der Waals surface area contributed by atoms with Gasteiger partial charge in [-0.1, -0.05) is 46.3 Å². The number of rotatable bonds is 5. The molecule has 0 unspecified atom stereocenters. The maximum Gasteiger partial charge on any atom is 0.307 e. The van der Waals surface area contributed by atoms with Crippen molar-refractivity contribution in [1.82, 2.24) is 0 Å². The molecule has 0 spiro atoms. The minimum Gasteiger partial charge on any atom is -0.481 e. The zero-order valence-corrected chi connectivity index (χ0v) is 9.40. The first-order chi connectivity index (χ1) is 6.74. The lowest BCUT2D eigenvalue weighted by Gasteiger charge is -2.07. The SMILES string of the molecule is O=C(O)[C@H](CBr)CCc1ccccc1. The summed E-state index contributed by atoms with van der Waals surface area (Å²) in [5.74, 6) is -1.01. The summed E-state index contributed by atoms with van der Waals surface area (Å²) in [4.78, 5) is 10.7. The van der Waals surface area contributed by atoms with E-state index in [9.17, 15) is 4.79 Å². The molecule has 0 aliphatic carbocycles. The smallest absolute Gasteiger partial charge is 0.307 e. The molecule has 0 amide bonds. The van der Waals surface area contributed by atoms with E-state index >= 15 is 0 Å². The molecule has 0 fully saturated rings. The molecule has 3 heteroatoms. The maximum absolute atomic E-state index is 10.7. The Kier molecular flexibility index (Phi) is 4.66. The molecule has 1 N–H and O–H groups in total. The first-order valence-electron chi connectivity index (χ1n) is 4.56. The van der Waals surface area contributed by atoms with Crippen LogP contribution in [0.15, 0.2) is 30.3 Å². The van der Waals surface area contributed by atoms with E-state index in [2.05, 4.69) is 15.9 Å². The molecule has 0 aromatic heterocycles. The highest BCUT2D eigenvalue weighted by Crippen LogP contribution is 2.12. The zero-order chi connectivity index (χ0) is 10.4. The fourth-order valence-electron chi connectivity index (χ4n) is 1.25. The topological polar surface area (TPSA) is 37.3 Å². The number of alkyl halides is 1. The van der Waals surface area contributed by atoms with E-state index in [0.29, 0.717) is 11.8 Å². The predicted octanol–water partition coefficient (Wildman–Crippen LogP) is 2.71. The van der Waals surface area contributed by atoms with E-state index in [1.165, 1.54) is 5.56 Å². The van der Waals surface area contributed by atoms with Crippen molar-refractivity contribution in [3.63, 3.8) is 0 Å². The number of carbonyl (C=O) groups is 1. The van der Waals surface area contributed by atoms with Gasteiger partial charge >= 0.3 is 5.97 Å². The van der Waals surface area contributed by atoms with Crippen LogP contribution < -0.4 is 0 Å². The van der Waals surface area contributed by atoms with Crippen LogP contribution in [0.1, 0.15) is 12.0 Å². The van der Waals surface area contributed by atoms with Crippen LogP contribution in [0.3, 0.4) is 0 Å². The molecule has 0 aliphatic rings. The van der Waals surface area contributed by atoms with E-state index in [-0.39, 0.29) is 5.92 Å². The van der Waals surface area contributed by atoms with Gasteiger partial charge < -0.3 is 5.11 Å². The number of aryl methyl sites for hydroxylation is 1. The van der Waals surface area contributed by atoms with Gasteiger partial charge in [0.05, 0.1) is 5.92 Å². The predicted molar refractivity (Wildman–Crippen MR) is 59.7 cm³/mol. The molecule has 0 aliphatic heterocycles. The second-order valence-electron chi connectivity index (χ2n) is 3.21. The van der Waals surface area contributed by atoms with Crippen LogP contribution in [-0.2, 0) is 11.2 Å². The third-order valence-corrected chi connectivity index (χ3v) is 2.94. The first-order valence-corrected chi connectivity index (χ1v) is 5.69. The van der Waals surface area contributed by atoms with Crippen molar-refractivity contribution in [2.45, 2.75) is 12.8 Å². The van der Waals surface area contributed by atoms with E-state index in [1.54, 1.807) is 0 Å². The molecular formula is C11H13BrO2. The summed E-state index contributed by atoms with van der Waals surface area (Å²) in [5, 5.41) is 9.34. The summed E-state index contributed by atoms with van der Waals surface area (Å²) in [6.07, 6.45) is 1.51. The summed E-state index contributed by atoms with van der Waals surface area (Å²) in [6, 6.07) is 9.95. The van der Waals surface area contributed by atoms with Crippen LogP contribution in [0.25, 0.3) is 0 Å². The van der Waals surface area contributed by atoms with Crippen molar-refractivity contribution >= 4 is 21.9 Å². The molecule has 76 valence electrons. The summed E-state index contributed by atoms with van der Waals surface area (Å²) >= 11 is 3.21. The maximum atomic E-state index is 10.7. The molecule has 1 aromatic rings. The van der Waals surface area contributed by atoms with Crippen LogP contribution in [0.5, 0.6) is 0 Å². The van der Waals surface area contributed by atoms with Crippen LogP contribution in [0, 0.1) is 5.92 Å². The molecule has 14 heavy (non-hydrogen) atoms. The van der Waals surface area contributed by atoms with Crippen LogP contribution in [0.2, 0.25) is 0 Å². The Morgan fingerprint density at radius 1 is 1.36 bits per heavy atom. The van der Waals surface area contributed by atoms with Gasteiger partial charge in [0.1, 0.15) is 0 Å². The Labute approximate surface area is 92.1 Å². The van der Waals surface area contributed by atoms with Gasteiger partial charge in [-0.15, -0.1) is 0 Å². The van der Waals surface area contributed by atoms with Crippen LogP contribution in [-0.4, -0.2) is 16.4 Å². The fraction of sp³-hybridized carbons (Fsp3) is 0.364. The lowest BCUT2D eigenvalue weighted by Crippen LogP contribution is -2.15. The van der Waals surface area contributed by atoms with Gasteiger partial charge in [0.15, 0.2) is 0 Å². The zero-order valence-electron chi connectivity index (χ0n) is 7.82. The third-order valence-electron chi connectivity index (χ3n) is 2.16. The Morgan fingerprint density at radius 3 is 2.50 bits per heavy atom. The van der Waals surface area contributed by atoms with Crippen molar-refractivity contribution in [3.8, 4) is 0 Å². The highest BCUT2D eigenvalue weighted by molar-refractivity contribution is 9.09. The molecule has 1 aromatic carbocycles. The van der Waals surface area contributed by atoms with Crippen molar-refractivity contribution in [2.75, 3.05) is 5.33 Å². The molecule has 0 saturated heterocycles. The fourth-order valence-corrected chi connectivity index (χ4v) is 1.85. The van der Waals surface area contributed by atoms with Crippen molar-refractivity contribution < 1.29 is 9.90 Å². The van der Waals surface area contributed by atoms with E-state index in [4.69, 9.17) is 5.11 Å². The number of hydrogen-bond acceptors (Lipinski definition) is 1. The molecule has 0 heterocycles. The largest absolute Gasteiger partial charge is 0.481 e. The molecule has 2 nitrogen and oxygen atoms in total. The minimum atomic E-state index is -0.724. The van der Waals surface area contributed by atoms with Crippen molar-refractivity contribution in [2.24, 2.45) is 5.92 Å². The molecule has 1 atom stereocenters. The number of benzene rings is 1. The summed E-state index contributed by atoms with van der Waals surface area (Å²) in [5.41, 5.74) is 1.19. The summed E-state index contributed by atoms with van der Waals surface area (Å²) in [6.45, 7) is 0. The second kappa shape index (κ2) is 5.81. The van der Waals surface area contributed by atoms with Gasteiger partial charge in [0.25, 0.3) is 0 Å². The molecule has 1 rings (SSSR count). The van der Waals surface area contributed by atoms with E-state index < -0.39 is 5.97 Å². The Bertz CT molecular complexity index is 285. The van der Waals surface area contributed by atoms with Crippen molar-refractivity contribution in [3.05, 3.63) is 35.9 Å². The van der Waals surface area contributed by atoms with Crippen LogP contribution >= 0.6 is 15.9 Å². The number of carboxylic acids is 1. The highest BCUT2D eigenvalue weighted by atomic mass is 79.9. The van der Waals surface area contributed by atoms with Gasteiger partial charge in [0, 0.05) is 5.33 Å². The standard InChI is InChI=1S/C11H13BrO2/c12-8-10(11(13)14)7-6-9-4-2-1-3-5-9/h1-5,10H,6-8H2,(H,13,14)/t10-/m0/s1. The summed E-state index contributed by atoms with van der Waals surface area (Å²) in [7, 11) is 0. The third kappa shape index (κ3) is 3.50. The average molecular weight is 257 g/mol. The minimum absolute atomic E-state index is 0.282. The Balaban J connectivity index is 2.44. The van der Waals surface area contributed by atoms with Crippen molar-refractivity contribution in [1.29, 1.82) is 0 Å². The van der Waals surface area contributed by atoms with Crippen LogP contribution in [0.4, 0.5) is 0 Å². The van der Waals surface area contributed by atoms with E-state index in [1.807, 2.05) is 30.3 Å². The Morgan fingerprint density at radius 2 is 2.00 bits per heavy atom. The highest BCUT2D eigenvalue weighted by Gasteiger charge is 2.14. The number of halogens is 1. The quantitative estimate of drug-likeness (QED) is 0.823. The first kappa shape index (κ1) is 11.2. The van der Waals surface area contributed by atoms with E-state index in [0.717, 1.165) is 6.42 Å². The molecule has 0 saturated carbocycles. The lowest BCUT2D eigenvalue weighted by molar-refractivity contribution is -0.141. The van der Waals surface area contributed by atoms with Gasteiger partial charge in [-0.25, -0.2) is 0 Å². The lowest BCUT2D eigenvalue weighted by atomic mass is 10.0. The summed E-state index contributed by atoms with van der Waals surface area (Å²) < 4.78 is 0.